The van der Waals surface area contributed by atoms with Gasteiger partial charge in [-0.2, -0.15) is 0 Å². The molecule has 5 nitrogen and oxygen atoms in total. The highest BCUT2D eigenvalue weighted by molar-refractivity contribution is 5.90. The number of hydrogen-bond acceptors (Lipinski definition) is 5. The molecule has 1 N–H and O–H groups in total. The fourth-order valence-corrected chi connectivity index (χ4v) is 2.93. The summed E-state index contributed by atoms with van der Waals surface area (Å²) in [6.45, 7) is 2.98. The van der Waals surface area contributed by atoms with Crippen molar-refractivity contribution in [3.05, 3.63) is 52.2 Å². The SMILES string of the molecule is COc1ccc2c(=O)c3cc(CN(C)C[C@H](C)O)ccc3oc2c1. The first-order valence-electron chi connectivity index (χ1n) is 7.88. The molecule has 2 aromatic carbocycles. The van der Waals surface area contributed by atoms with Crippen LogP contribution in [-0.4, -0.2) is 36.8 Å². The second-order valence-electron chi connectivity index (χ2n) is 6.17. The number of fused-ring (bicyclic) bond motifs is 2. The Bertz CT molecular complexity index is 930. The van der Waals surface area contributed by atoms with Gasteiger partial charge in [-0.1, -0.05) is 6.07 Å². The maximum absolute atomic E-state index is 12.7. The summed E-state index contributed by atoms with van der Waals surface area (Å²) in [6.07, 6.45) is -0.389. The lowest BCUT2D eigenvalue weighted by Gasteiger charge is -2.18. The van der Waals surface area contributed by atoms with Gasteiger partial charge in [0.15, 0.2) is 0 Å². The molecule has 0 aliphatic carbocycles. The second kappa shape index (κ2) is 6.63. The predicted octanol–water partition coefficient (Wildman–Crippen LogP) is 2.77. The average molecular weight is 327 g/mol. The van der Waals surface area contributed by atoms with Gasteiger partial charge < -0.3 is 14.3 Å². The van der Waals surface area contributed by atoms with E-state index in [9.17, 15) is 9.90 Å². The van der Waals surface area contributed by atoms with Gasteiger partial charge in [0.05, 0.1) is 24.0 Å². The van der Waals surface area contributed by atoms with Crippen LogP contribution in [0.15, 0.2) is 45.6 Å². The third-order valence-corrected chi connectivity index (χ3v) is 3.97. The van der Waals surface area contributed by atoms with Crippen molar-refractivity contribution in [3.63, 3.8) is 0 Å². The molecule has 0 aliphatic rings. The molecule has 0 unspecified atom stereocenters. The lowest BCUT2D eigenvalue weighted by Crippen LogP contribution is -2.26. The lowest BCUT2D eigenvalue weighted by molar-refractivity contribution is 0.138. The molecule has 0 saturated heterocycles. The van der Waals surface area contributed by atoms with Crippen molar-refractivity contribution in [2.75, 3.05) is 20.7 Å². The minimum Gasteiger partial charge on any atom is -0.497 e. The van der Waals surface area contributed by atoms with E-state index in [4.69, 9.17) is 9.15 Å². The molecule has 126 valence electrons. The average Bonchev–Trinajstić information content (AvgIpc) is 2.54. The Hall–Kier alpha value is -2.37. The molecule has 1 aromatic heterocycles. The van der Waals surface area contributed by atoms with Crippen molar-refractivity contribution in [3.8, 4) is 5.75 Å². The monoisotopic (exact) mass is 327 g/mol. The molecule has 5 heteroatoms. The van der Waals surface area contributed by atoms with Gasteiger partial charge in [0.1, 0.15) is 16.9 Å². The van der Waals surface area contributed by atoms with E-state index >= 15 is 0 Å². The third-order valence-electron chi connectivity index (χ3n) is 3.97. The van der Waals surface area contributed by atoms with Crippen molar-refractivity contribution in [1.29, 1.82) is 0 Å². The minimum absolute atomic E-state index is 0.0473. The van der Waals surface area contributed by atoms with Crippen LogP contribution < -0.4 is 10.2 Å². The van der Waals surface area contributed by atoms with Gasteiger partial charge >= 0.3 is 0 Å². The molecule has 0 radical (unpaired) electrons. The fraction of sp³-hybridized carbons (Fsp3) is 0.316. The molecule has 0 fully saturated rings. The minimum atomic E-state index is -0.389. The van der Waals surface area contributed by atoms with E-state index < -0.39 is 0 Å². The molecule has 3 rings (SSSR count). The molecular formula is C19H21NO4. The third kappa shape index (κ3) is 3.27. The molecule has 0 spiro atoms. The summed E-state index contributed by atoms with van der Waals surface area (Å²) in [5, 5.41) is 10.6. The van der Waals surface area contributed by atoms with Crippen LogP contribution >= 0.6 is 0 Å². The number of hydrogen-bond donors (Lipinski definition) is 1. The fourth-order valence-electron chi connectivity index (χ4n) is 2.93. The van der Waals surface area contributed by atoms with E-state index in [1.165, 1.54) is 0 Å². The van der Waals surface area contributed by atoms with Crippen LogP contribution in [0.5, 0.6) is 5.75 Å². The molecule has 0 aliphatic heterocycles. The smallest absolute Gasteiger partial charge is 0.200 e. The number of rotatable bonds is 5. The highest BCUT2D eigenvalue weighted by Gasteiger charge is 2.11. The van der Waals surface area contributed by atoms with E-state index in [0.29, 0.717) is 40.8 Å². The van der Waals surface area contributed by atoms with Gasteiger partial charge in [-0.3, -0.25) is 9.69 Å². The van der Waals surface area contributed by atoms with Gasteiger partial charge in [0.25, 0.3) is 0 Å². The van der Waals surface area contributed by atoms with Crippen LogP contribution in [0.25, 0.3) is 21.9 Å². The molecule has 0 amide bonds. The summed E-state index contributed by atoms with van der Waals surface area (Å²) in [5.41, 5.74) is 2.04. The molecule has 0 bridgehead atoms. The van der Waals surface area contributed by atoms with Gasteiger partial charge in [0, 0.05) is 19.2 Å². The number of aliphatic hydroxyl groups is 1. The van der Waals surface area contributed by atoms with Gasteiger partial charge in [0.2, 0.25) is 5.43 Å². The molecular weight excluding hydrogens is 306 g/mol. The van der Waals surface area contributed by atoms with E-state index in [0.717, 1.165) is 5.56 Å². The standard InChI is InChI=1S/C19H21NO4/c1-12(21)10-20(2)11-13-4-7-17-16(8-13)19(22)15-6-5-14(23-3)9-18(15)24-17/h4-9,12,21H,10-11H2,1-3H3/t12-/m0/s1. The summed E-state index contributed by atoms with van der Waals surface area (Å²) in [7, 11) is 3.52. The van der Waals surface area contributed by atoms with Crippen molar-refractivity contribution >= 4 is 21.9 Å². The Kier molecular flexibility index (Phi) is 4.55. The van der Waals surface area contributed by atoms with Crippen molar-refractivity contribution in [2.45, 2.75) is 19.6 Å². The van der Waals surface area contributed by atoms with E-state index in [-0.39, 0.29) is 11.5 Å². The molecule has 24 heavy (non-hydrogen) atoms. The zero-order chi connectivity index (χ0) is 17.3. The normalized spacial score (nSPS) is 12.9. The first-order valence-corrected chi connectivity index (χ1v) is 7.88. The van der Waals surface area contributed by atoms with E-state index in [1.807, 2.05) is 30.1 Å². The molecule has 3 aromatic rings. The number of aliphatic hydroxyl groups excluding tert-OH is 1. The Morgan fingerprint density at radius 3 is 2.67 bits per heavy atom. The summed E-state index contributed by atoms with van der Waals surface area (Å²) >= 11 is 0. The number of benzene rings is 2. The Balaban J connectivity index is 2.04. The van der Waals surface area contributed by atoms with Gasteiger partial charge in [-0.15, -0.1) is 0 Å². The van der Waals surface area contributed by atoms with Crippen LogP contribution in [-0.2, 0) is 6.54 Å². The van der Waals surface area contributed by atoms with Crippen molar-refractivity contribution < 1.29 is 14.3 Å². The zero-order valence-corrected chi connectivity index (χ0v) is 14.1. The van der Waals surface area contributed by atoms with Crippen molar-refractivity contribution in [2.24, 2.45) is 0 Å². The molecule has 1 heterocycles. The van der Waals surface area contributed by atoms with Crippen LogP contribution in [0.3, 0.4) is 0 Å². The number of nitrogens with zero attached hydrogens (tertiary/aromatic N) is 1. The number of likely N-dealkylation sites (N-methyl/N-ethyl adjacent to an activating group) is 1. The van der Waals surface area contributed by atoms with Crippen molar-refractivity contribution in [1.82, 2.24) is 4.90 Å². The highest BCUT2D eigenvalue weighted by Crippen LogP contribution is 2.23. The molecule has 0 saturated carbocycles. The lowest BCUT2D eigenvalue weighted by atomic mass is 10.1. The molecule has 1 atom stereocenters. The van der Waals surface area contributed by atoms with Gasteiger partial charge in [-0.05, 0) is 43.8 Å². The predicted molar refractivity (Wildman–Crippen MR) is 94.6 cm³/mol. The zero-order valence-electron chi connectivity index (χ0n) is 14.1. The van der Waals surface area contributed by atoms with Crippen LogP contribution in [0.2, 0.25) is 0 Å². The van der Waals surface area contributed by atoms with Crippen LogP contribution in [0.1, 0.15) is 12.5 Å². The number of methoxy groups -OCH3 is 1. The van der Waals surface area contributed by atoms with Crippen LogP contribution in [0.4, 0.5) is 0 Å². The second-order valence-corrected chi connectivity index (χ2v) is 6.17. The topological polar surface area (TPSA) is 62.9 Å². The first kappa shape index (κ1) is 16.5. The summed E-state index contributed by atoms with van der Waals surface area (Å²) in [6, 6.07) is 10.8. The first-order chi connectivity index (χ1) is 11.5. The number of ether oxygens (including phenoxy) is 1. The summed E-state index contributed by atoms with van der Waals surface area (Å²) in [5.74, 6) is 0.654. The Labute approximate surface area is 140 Å². The Morgan fingerprint density at radius 1 is 1.17 bits per heavy atom. The maximum Gasteiger partial charge on any atom is 0.200 e. The Morgan fingerprint density at radius 2 is 1.96 bits per heavy atom. The van der Waals surface area contributed by atoms with E-state index in [1.54, 1.807) is 32.2 Å². The largest absolute Gasteiger partial charge is 0.497 e. The van der Waals surface area contributed by atoms with Crippen LogP contribution in [0, 0.1) is 0 Å². The maximum atomic E-state index is 12.7. The summed E-state index contributed by atoms with van der Waals surface area (Å²) in [4.78, 5) is 14.8. The summed E-state index contributed by atoms with van der Waals surface area (Å²) < 4.78 is 11.0. The quantitative estimate of drug-likeness (QED) is 0.730. The van der Waals surface area contributed by atoms with Gasteiger partial charge in [-0.25, -0.2) is 0 Å². The van der Waals surface area contributed by atoms with E-state index in [2.05, 4.69) is 0 Å². The highest BCUT2D eigenvalue weighted by atomic mass is 16.5.